The first-order chi connectivity index (χ1) is 9.88. The molecule has 0 aliphatic carbocycles. The Morgan fingerprint density at radius 1 is 1.45 bits per heavy atom. The summed E-state index contributed by atoms with van der Waals surface area (Å²) in [5.74, 6) is 0.633. The molecule has 0 bridgehead atoms. The van der Waals surface area contributed by atoms with Crippen molar-refractivity contribution < 1.29 is 9.47 Å². The summed E-state index contributed by atoms with van der Waals surface area (Å²) in [6.07, 6.45) is 5.43. The number of morpholine rings is 1. The fraction of sp³-hybridized carbons (Fsp3) is 0.429. The molecule has 0 amide bonds. The summed E-state index contributed by atoms with van der Waals surface area (Å²) in [5, 5.41) is 3.33. The molecular weight excluding hydrogens is 256 g/mol. The van der Waals surface area contributed by atoms with Crippen molar-refractivity contribution >= 4 is 0 Å². The highest BCUT2D eigenvalue weighted by Crippen LogP contribution is 2.22. The summed E-state index contributed by atoms with van der Waals surface area (Å²) in [5.41, 5.74) is 1.98. The van der Waals surface area contributed by atoms with Crippen LogP contribution in [0, 0.1) is 0 Å². The van der Waals surface area contributed by atoms with Crippen molar-refractivity contribution in [3.63, 3.8) is 0 Å². The van der Waals surface area contributed by atoms with Crippen LogP contribution >= 0.6 is 0 Å². The summed E-state index contributed by atoms with van der Waals surface area (Å²) in [6, 6.07) is 3.84. The van der Waals surface area contributed by atoms with Gasteiger partial charge in [-0.05, 0) is 13.0 Å². The monoisotopic (exact) mass is 274 g/mol. The van der Waals surface area contributed by atoms with E-state index in [1.807, 2.05) is 29.8 Å². The zero-order chi connectivity index (χ0) is 13.8. The highest BCUT2D eigenvalue weighted by Gasteiger charge is 2.20. The molecule has 2 aromatic rings. The molecule has 0 radical (unpaired) electrons. The third-order valence-corrected chi connectivity index (χ3v) is 3.22. The standard InChI is InChI=1S/C14H18N4O2/c1-2-19-14-4-3-11(7-17-14)18-10-16-8-12(18)13-9-15-5-6-20-13/h3-4,7-8,10,13,15H,2,5-6,9H2,1H3. The summed E-state index contributed by atoms with van der Waals surface area (Å²) in [4.78, 5) is 8.51. The zero-order valence-corrected chi connectivity index (χ0v) is 11.5. The number of hydrogen-bond donors (Lipinski definition) is 1. The quantitative estimate of drug-likeness (QED) is 0.911. The predicted molar refractivity (Wildman–Crippen MR) is 74.1 cm³/mol. The Morgan fingerprint density at radius 2 is 2.40 bits per heavy atom. The van der Waals surface area contributed by atoms with Crippen molar-refractivity contribution in [2.45, 2.75) is 13.0 Å². The van der Waals surface area contributed by atoms with E-state index in [0.29, 0.717) is 12.5 Å². The van der Waals surface area contributed by atoms with Crippen LogP contribution in [0.2, 0.25) is 0 Å². The fourth-order valence-electron chi connectivity index (χ4n) is 2.26. The average Bonchev–Trinajstić information content (AvgIpc) is 2.99. The van der Waals surface area contributed by atoms with Gasteiger partial charge in [-0.2, -0.15) is 0 Å². The van der Waals surface area contributed by atoms with Crippen molar-refractivity contribution in [3.05, 3.63) is 36.5 Å². The van der Waals surface area contributed by atoms with Crippen LogP contribution in [0.5, 0.6) is 5.88 Å². The van der Waals surface area contributed by atoms with Gasteiger partial charge in [-0.1, -0.05) is 0 Å². The molecule has 2 aromatic heterocycles. The first kappa shape index (κ1) is 13.1. The first-order valence-corrected chi connectivity index (χ1v) is 6.82. The van der Waals surface area contributed by atoms with Gasteiger partial charge in [-0.3, -0.25) is 4.57 Å². The number of hydrogen-bond acceptors (Lipinski definition) is 5. The van der Waals surface area contributed by atoms with Crippen molar-refractivity contribution in [1.29, 1.82) is 0 Å². The van der Waals surface area contributed by atoms with E-state index in [2.05, 4.69) is 15.3 Å². The molecule has 3 rings (SSSR count). The molecule has 3 heterocycles. The van der Waals surface area contributed by atoms with E-state index in [4.69, 9.17) is 9.47 Å². The van der Waals surface area contributed by atoms with Gasteiger partial charge >= 0.3 is 0 Å². The van der Waals surface area contributed by atoms with E-state index in [1.54, 1.807) is 12.5 Å². The predicted octanol–water partition coefficient (Wildman–Crippen LogP) is 1.33. The van der Waals surface area contributed by atoms with Crippen molar-refractivity contribution in [1.82, 2.24) is 19.9 Å². The Balaban J connectivity index is 1.84. The van der Waals surface area contributed by atoms with Crippen LogP contribution in [0.3, 0.4) is 0 Å². The Labute approximate surface area is 117 Å². The molecule has 0 aromatic carbocycles. The highest BCUT2D eigenvalue weighted by molar-refractivity contribution is 5.34. The molecule has 6 nitrogen and oxygen atoms in total. The van der Waals surface area contributed by atoms with E-state index < -0.39 is 0 Å². The van der Waals surface area contributed by atoms with Crippen LogP contribution in [0.1, 0.15) is 18.7 Å². The molecule has 1 fully saturated rings. The molecule has 1 atom stereocenters. The maximum Gasteiger partial charge on any atom is 0.213 e. The van der Waals surface area contributed by atoms with Gasteiger partial charge in [0.05, 0.1) is 43.3 Å². The van der Waals surface area contributed by atoms with Gasteiger partial charge in [0.25, 0.3) is 0 Å². The lowest BCUT2D eigenvalue weighted by Gasteiger charge is -2.24. The molecule has 6 heteroatoms. The Morgan fingerprint density at radius 3 is 3.10 bits per heavy atom. The zero-order valence-electron chi connectivity index (χ0n) is 11.5. The summed E-state index contributed by atoms with van der Waals surface area (Å²) >= 11 is 0. The average molecular weight is 274 g/mol. The molecule has 106 valence electrons. The largest absolute Gasteiger partial charge is 0.478 e. The number of nitrogens with one attached hydrogen (secondary N) is 1. The fourth-order valence-corrected chi connectivity index (χ4v) is 2.26. The second kappa shape index (κ2) is 6.02. The van der Waals surface area contributed by atoms with Gasteiger partial charge in [-0.25, -0.2) is 9.97 Å². The van der Waals surface area contributed by atoms with Gasteiger partial charge in [0.15, 0.2) is 0 Å². The Bertz CT molecular complexity index is 547. The molecule has 0 saturated carbocycles. The minimum absolute atomic E-state index is 0.0258. The van der Waals surface area contributed by atoms with Gasteiger partial charge in [0.1, 0.15) is 6.10 Å². The van der Waals surface area contributed by atoms with E-state index >= 15 is 0 Å². The third-order valence-electron chi connectivity index (χ3n) is 3.22. The number of aromatic nitrogens is 3. The molecule has 1 saturated heterocycles. The van der Waals surface area contributed by atoms with Gasteiger partial charge in [0.2, 0.25) is 5.88 Å². The molecule has 1 aliphatic heterocycles. The van der Waals surface area contributed by atoms with Crippen molar-refractivity contribution in [2.75, 3.05) is 26.3 Å². The summed E-state index contributed by atoms with van der Waals surface area (Å²) in [6.45, 7) is 4.98. The van der Waals surface area contributed by atoms with E-state index in [1.165, 1.54) is 0 Å². The van der Waals surface area contributed by atoms with Crippen molar-refractivity contribution in [2.24, 2.45) is 0 Å². The SMILES string of the molecule is CCOc1ccc(-n2cncc2C2CNCCO2)cn1. The van der Waals surface area contributed by atoms with Crippen LogP contribution in [0.15, 0.2) is 30.9 Å². The van der Waals surface area contributed by atoms with Crippen LogP contribution in [-0.4, -0.2) is 40.8 Å². The lowest BCUT2D eigenvalue weighted by molar-refractivity contribution is 0.0240. The van der Waals surface area contributed by atoms with Gasteiger partial charge in [-0.15, -0.1) is 0 Å². The minimum atomic E-state index is 0.0258. The van der Waals surface area contributed by atoms with Gasteiger partial charge < -0.3 is 14.8 Å². The second-order valence-corrected chi connectivity index (χ2v) is 4.54. The molecule has 20 heavy (non-hydrogen) atoms. The third kappa shape index (κ3) is 2.66. The van der Waals surface area contributed by atoms with Crippen LogP contribution < -0.4 is 10.1 Å². The molecule has 1 N–H and O–H groups in total. The van der Waals surface area contributed by atoms with E-state index in [-0.39, 0.29) is 6.10 Å². The number of rotatable bonds is 4. The topological polar surface area (TPSA) is 61.2 Å². The number of ether oxygens (including phenoxy) is 2. The van der Waals surface area contributed by atoms with Crippen molar-refractivity contribution in [3.8, 4) is 11.6 Å². The highest BCUT2D eigenvalue weighted by atomic mass is 16.5. The summed E-state index contributed by atoms with van der Waals surface area (Å²) < 4.78 is 13.1. The second-order valence-electron chi connectivity index (χ2n) is 4.54. The van der Waals surface area contributed by atoms with Crippen LogP contribution in [0.25, 0.3) is 5.69 Å². The van der Waals surface area contributed by atoms with Crippen LogP contribution in [0.4, 0.5) is 0 Å². The molecule has 0 spiro atoms. The smallest absolute Gasteiger partial charge is 0.213 e. The number of pyridine rings is 1. The maximum atomic E-state index is 5.78. The number of nitrogens with zero attached hydrogens (tertiary/aromatic N) is 3. The van der Waals surface area contributed by atoms with Gasteiger partial charge in [0, 0.05) is 19.2 Å². The Hall–Kier alpha value is -1.92. The lowest BCUT2D eigenvalue weighted by atomic mass is 10.2. The maximum absolute atomic E-state index is 5.78. The molecular formula is C14H18N4O2. The normalized spacial score (nSPS) is 18.9. The minimum Gasteiger partial charge on any atom is -0.478 e. The molecule has 1 aliphatic rings. The number of imidazole rings is 1. The molecule has 1 unspecified atom stereocenters. The summed E-state index contributed by atoms with van der Waals surface area (Å²) in [7, 11) is 0. The van der Waals surface area contributed by atoms with E-state index in [9.17, 15) is 0 Å². The Kier molecular flexibility index (Phi) is 3.94. The first-order valence-electron chi connectivity index (χ1n) is 6.82. The van der Waals surface area contributed by atoms with Crippen LogP contribution in [-0.2, 0) is 4.74 Å². The van der Waals surface area contributed by atoms with E-state index in [0.717, 1.165) is 31.1 Å². The lowest BCUT2D eigenvalue weighted by Crippen LogP contribution is -2.34.